The minimum absolute atomic E-state index is 0.0533. The predicted molar refractivity (Wildman–Crippen MR) is 137 cm³/mol. The highest BCUT2D eigenvalue weighted by Crippen LogP contribution is 2.31. The third kappa shape index (κ3) is 5.58. The molecule has 0 bridgehead atoms. The Morgan fingerprint density at radius 1 is 1.31 bits per heavy atom. The zero-order chi connectivity index (χ0) is 24.8. The van der Waals surface area contributed by atoms with Crippen molar-refractivity contribution in [3.05, 3.63) is 66.3 Å². The number of amidine groups is 1. The number of hydrogen-bond acceptors (Lipinski definition) is 7. The molecule has 1 fully saturated rings. The quantitative estimate of drug-likeness (QED) is 0.289. The molecule has 0 atom stereocenters. The molecule has 0 radical (unpaired) electrons. The van der Waals surface area contributed by atoms with Crippen LogP contribution < -0.4 is 10.1 Å². The summed E-state index contributed by atoms with van der Waals surface area (Å²) < 4.78 is 11.5. The third-order valence-corrected chi connectivity index (χ3v) is 5.98. The van der Waals surface area contributed by atoms with Gasteiger partial charge in [0.1, 0.15) is 11.9 Å². The molecule has 2 aromatic heterocycles. The molecule has 1 amide bonds. The van der Waals surface area contributed by atoms with E-state index < -0.39 is 0 Å². The van der Waals surface area contributed by atoms with E-state index in [0.717, 1.165) is 5.69 Å². The summed E-state index contributed by atoms with van der Waals surface area (Å²) in [5.41, 5.74) is 2.69. The zero-order valence-corrected chi connectivity index (χ0v) is 20.0. The third-order valence-electron chi connectivity index (χ3n) is 5.65. The number of pyridine rings is 1. The largest absolute Gasteiger partial charge is 0.474 e. The van der Waals surface area contributed by atoms with Gasteiger partial charge < -0.3 is 19.4 Å². The summed E-state index contributed by atoms with van der Waals surface area (Å²) in [6, 6.07) is 7.25. The molecule has 1 aromatic carbocycles. The van der Waals surface area contributed by atoms with Gasteiger partial charge in [-0.2, -0.15) is 0 Å². The highest BCUT2D eigenvalue weighted by atomic mass is 35.5. The number of aliphatic imine (C=N–C) groups is 2. The number of rotatable bonds is 7. The zero-order valence-electron chi connectivity index (χ0n) is 19.3. The van der Waals surface area contributed by atoms with Crippen molar-refractivity contribution < 1.29 is 13.9 Å². The van der Waals surface area contributed by atoms with E-state index >= 15 is 0 Å². The van der Waals surface area contributed by atoms with Gasteiger partial charge in [0, 0.05) is 55.9 Å². The molecule has 10 heteroatoms. The second kappa shape index (κ2) is 11.0. The number of likely N-dealkylation sites (tertiary alicyclic amines) is 1. The normalized spacial score (nSPS) is 14.5. The Hall–Kier alpha value is -3.98. The minimum atomic E-state index is -0.0613. The van der Waals surface area contributed by atoms with Crippen molar-refractivity contribution in [2.24, 2.45) is 9.98 Å². The van der Waals surface area contributed by atoms with Gasteiger partial charge in [-0.1, -0.05) is 18.2 Å². The Morgan fingerprint density at radius 2 is 2.11 bits per heavy atom. The highest BCUT2D eigenvalue weighted by Gasteiger charge is 2.23. The van der Waals surface area contributed by atoms with Crippen molar-refractivity contribution in [3.63, 3.8) is 0 Å². The van der Waals surface area contributed by atoms with Crippen LogP contribution in [0.4, 0.5) is 11.4 Å². The van der Waals surface area contributed by atoms with E-state index in [0.29, 0.717) is 65.2 Å². The number of anilines is 1. The first kappa shape index (κ1) is 24.2. The number of carbonyl (C=O) groups excluding carboxylic acids is 1. The van der Waals surface area contributed by atoms with Crippen LogP contribution in [-0.4, -0.2) is 59.6 Å². The molecule has 3 aromatic rings. The van der Waals surface area contributed by atoms with Crippen molar-refractivity contribution in [2.45, 2.75) is 18.9 Å². The number of benzene rings is 1. The number of nitrogens with one attached hydrogen (secondary N) is 1. The smallest absolute Gasteiger partial charge is 0.245 e. The fraction of sp³-hybridized carbons (Fsp3) is 0.240. The van der Waals surface area contributed by atoms with Crippen LogP contribution >= 0.6 is 11.6 Å². The van der Waals surface area contributed by atoms with Crippen LogP contribution in [0.25, 0.3) is 11.3 Å². The van der Waals surface area contributed by atoms with Crippen LogP contribution in [0.2, 0.25) is 5.02 Å². The molecule has 35 heavy (non-hydrogen) atoms. The van der Waals surface area contributed by atoms with E-state index in [1.54, 1.807) is 36.5 Å². The molecule has 0 saturated carbocycles. The highest BCUT2D eigenvalue weighted by molar-refractivity contribution is 6.33. The number of aromatic nitrogens is 2. The van der Waals surface area contributed by atoms with Gasteiger partial charge in [0.2, 0.25) is 11.8 Å². The summed E-state index contributed by atoms with van der Waals surface area (Å²) in [6.45, 7) is 8.43. The molecule has 4 rings (SSSR count). The Morgan fingerprint density at radius 3 is 2.77 bits per heavy atom. The van der Waals surface area contributed by atoms with E-state index in [4.69, 9.17) is 20.8 Å². The first-order valence-corrected chi connectivity index (χ1v) is 11.4. The maximum atomic E-state index is 11.8. The summed E-state index contributed by atoms with van der Waals surface area (Å²) in [5.74, 6) is 1.50. The molecule has 1 aliphatic heterocycles. The molecular formula is C25H25ClN6O3. The summed E-state index contributed by atoms with van der Waals surface area (Å²) in [5, 5.41) is 3.85. The Labute approximate surface area is 208 Å². The van der Waals surface area contributed by atoms with E-state index in [1.165, 1.54) is 12.5 Å². The molecule has 0 aliphatic carbocycles. The van der Waals surface area contributed by atoms with E-state index in [2.05, 4.69) is 38.6 Å². The van der Waals surface area contributed by atoms with E-state index in [-0.39, 0.29) is 12.0 Å². The van der Waals surface area contributed by atoms with Gasteiger partial charge in [0.25, 0.3) is 0 Å². The maximum absolute atomic E-state index is 11.8. The molecule has 1 saturated heterocycles. The minimum Gasteiger partial charge on any atom is -0.474 e. The summed E-state index contributed by atoms with van der Waals surface area (Å²) in [4.78, 5) is 30.4. The number of hydrogen-bond donors (Lipinski definition) is 1. The summed E-state index contributed by atoms with van der Waals surface area (Å²) in [7, 11) is 1.68. The number of ether oxygens (including phenoxy) is 1. The molecule has 3 heterocycles. The fourth-order valence-corrected chi connectivity index (χ4v) is 4.03. The molecular weight excluding hydrogens is 468 g/mol. The molecule has 0 spiro atoms. The molecule has 1 N–H and O–H groups in total. The van der Waals surface area contributed by atoms with Crippen LogP contribution in [0.3, 0.4) is 0 Å². The lowest BCUT2D eigenvalue weighted by molar-refractivity contribution is -0.127. The lowest BCUT2D eigenvalue weighted by Crippen LogP contribution is -2.41. The predicted octanol–water partition coefficient (Wildman–Crippen LogP) is 4.77. The number of carbonyl (C=O) groups is 1. The van der Waals surface area contributed by atoms with Crippen LogP contribution in [0, 0.1) is 0 Å². The maximum Gasteiger partial charge on any atom is 0.245 e. The summed E-state index contributed by atoms with van der Waals surface area (Å²) >= 11 is 6.35. The second-order valence-electron chi connectivity index (χ2n) is 7.80. The topological polar surface area (TPSA) is 105 Å². The van der Waals surface area contributed by atoms with Gasteiger partial charge in [-0.3, -0.25) is 14.8 Å². The number of amides is 1. The Balaban J connectivity index is 1.53. The second-order valence-corrected chi connectivity index (χ2v) is 8.21. The average molecular weight is 493 g/mol. The number of piperidine rings is 1. The van der Waals surface area contributed by atoms with Crippen molar-refractivity contribution in [1.82, 2.24) is 14.9 Å². The molecule has 0 unspecified atom stereocenters. The monoisotopic (exact) mass is 492 g/mol. The van der Waals surface area contributed by atoms with Crippen molar-refractivity contribution in [2.75, 3.05) is 25.5 Å². The SMILES string of the molecule is C=CC(=O)N1CCC(Oc2cc(C(=NC)Nc3ccc(Cl)c(-c4cnco4)c3)c(N=C)cn2)CC1. The van der Waals surface area contributed by atoms with Crippen LogP contribution in [0.1, 0.15) is 18.4 Å². The number of halogens is 1. The molecule has 1 aliphatic rings. The van der Waals surface area contributed by atoms with Crippen LogP contribution in [0.5, 0.6) is 5.88 Å². The van der Waals surface area contributed by atoms with Crippen molar-refractivity contribution in [3.8, 4) is 17.2 Å². The Bertz CT molecular complexity index is 1250. The first-order chi connectivity index (χ1) is 17.0. The first-order valence-electron chi connectivity index (χ1n) is 11.0. The summed E-state index contributed by atoms with van der Waals surface area (Å²) in [6.07, 6.45) is 7.26. The van der Waals surface area contributed by atoms with Gasteiger partial charge >= 0.3 is 0 Å². The van der Waals surface area contributed by atoms with Gasteiger partial charge in [0.15, 0.2) is 12.2 Å². The van der Waals surface area contributed by atoms with E-state index in [1.807, 2.05) is 12.1 Å². The van der Waals surface area contributed by atoms with Gasteiger partial charge in [-0.15, -0.1) is 0 Å². The average Bonchev–Trinajstić information content (AvgIpc) is 3.43. The van der Waals surface area contributed by atoms with Crippen molar-refractivity contribution in [1.29, 1.82) is 0 Å². The van der Waals surface area contributed by atoms with Gasteiger partial charge in [-0.25, -0.2) is 9.97 Å². The van der Waals surface area contributed by atoms with Crippen LogP contribution in [0.15, 0.2) is 70.1 Å². The van der Waals surface area contributed by atoms with Gasteiger partial charge in [0.05, 0.1) is 23.1 Å². The number of nitrogens with zero attached hydrogens (tertiary/aromatic N) is 5. The Kier molecular flexibility index (Phi) is 7.57. The van der Waals surface area contributed by atoms with Gasteiger partial charge in [-0.05, 0) is 31.0 Å². The lowest BCUT2D eigenvalue weighted by atomic mass is 10.1. The van der Waals surface area contributed by atoms with E-state index in [9.17, 15) is 4.79 Å². The van der Waals surface area contributed by atoms with Crippen LogP contribution in [-0.2, 0) is 4.79 Å². The number of oxazole rings is 1. The lowest BCUT2D eigenvalue weighted by Gasteiger charge is -2.31. The standard InChI is InChI=1S/C25H25ClN6O3/c1-4-24(33)32-9-7-17(8-10-32)35-23-12-19(21(27-2)13-30-23)25(28-3)31-16-5-6-20(26)18(11-16)22-14-29-15-34-22/h4-6,11-15,17H,1-2,7-10H2,3H3,(H,28,31). The molecule has 9 nitrogen and oxygen atoms in total. The fourth-order valence-electron chi connectivity index (χ4n) is 3.82. The molecule has 180 valence electrons. The van der Waals surface area contributed by atoms with Crippen molar-refractivity contribution >= 4 is 41.4 Å².